The van der Waals surface area contributed by atoms with Gasteiger partial charge in [-0.1, -0.05) is 194 Å². The molecule has 12 aromatic rings. The summed E-state index contributed by atoms with van der Waals surface area (Å²) < 4.78 is 0. The van der Waals surface area contributed by atoms with Crippen LogP contribution in [0.3, 0.4) is 0 Å². The first-order valence-electron chi connectivity index (χ1n) is 24.1. The van der Waals surface area contributed by atoms with Gasteiger partial charge in [-0.15, -0.1) is 0 Å². The molecular formula is C68H46N2. The standard InChI is InChI=1S/C68H46N2/c1-7-19-47(20-8-1)53-33-37-61(49-23-11-3-12-24-49)67(45-53)69(57-27-15-5-16-28-57)59-35-31-51-41-63-65(43-55(51)39-59)64-42-52-32-36-60(40-56(52)44-66(63)64)70(58-29-17-6-18-30-58)68-46-54(48-21-9-2-10-22-48)34-38-62(68)50-25-13-4-14-26-50/h1-46H. The van der Waals surface area contributed by atoms with E-state index in [2.05, 4.69) is 289 Å². The highest BCUT2D eigenvalue weighted by molar-refractivity contribution is 6.13. The van der Waals surface area contributed by atoms with E-state index in [-0.39, 0.29) is 0 Å². The Morgan fingerprint density at radius 1 is 0.171 bits per heavy atom. The normalized spacial score (nSPS) is 11.4. The van der Waals surface area contributed by atoms with Gasteiger partial charge in [0.2, 0.25) is 0 Å². The van der Waals surface area contributed by atoms with Gasteiger partial charge in [-0.2, -0.15) is 0 Å². The molecule has 0 N–H and O–H groups in total. The Labute approximate surface area is 409 Å². The van der Waals surface area contributed by atoms with Gasteiger partial charge in [0.05, 0.1) is 11.4 Å². The van der Waals surface area contributed by atoms with E-state index >= 15 is 0 Å². The Kier molecular flexibility index (Phi) is 10.2. The zero-order chi connectivity index (χ0) is 46.4. The zero-order valence-electron chi connectivity index (χ0n) is 38.5. The highest BCUT2D eigenvalue weighted by Gasteiger charge is 2.26. The maximum absolute atomic E-state index is 2.42. The third-order valence-electron chi connectivity index (χ3n) is 13.9. The van der Waals surface area contributed by atoms with Crippen LogP contribution in [0.1, 0.15) is 0 Å². The number of nitrogens with zero attached hydrogens (tertiary/aromatic N) is 2. The molecule has 0 atom stereocenters. The summed E-state index contributed by atoms with van der Waals surface area (Å²) in [5, 5.41) is 4.87. The molecule has 0 fully saturated rings. The van der Waals surface area contributed by atoms with Crippen molar-refractivity contribution in [1.29, 1.82) is 0 Å². The Bertz CT molecular complexity index is 3580. The molecule has 0 bridgehead atoms. The Hall–Kier alpha value is -9.24. The summed E-state index contributed by atoms with van der Waals surface area (Å²) in [5.74, 6) is 0. The van der Waals surface area contributed by atoms with Crippen LogP contribution in [-0.2, 0) is 0 Å². The van der Waals surface area contributed by atoms with E-state index < -0.39 is 0 Å². The molecule has 0 saturated heterocycles. The number of fused-ring (bicyclic) bond motifs is 6. The van der Waals surface area contributed by atoms with E-state index in [1.54, 1.807) is 0 Å². The van der Waals surface area contributed by atoms with Crippen LogP contribution in [0, 0.1) is 0 Å². The monoisotopic (exact) mass is 890 g/mol. The first kappa shape index (κ1) is 41.0. The predicted octanol–water partition coefficient (Wildman–Crippen LogP) is 19.2. The van der Waals surface area contributed by atoms with E-state index in [4.69, 9.17) is 0 Å². The van der Waals surface area contributed by atoms with Crippen molar-refractivity contribution in [1.82, 2.24) is 0 Å². The number of rotatable bonds is 10. The third kappa shape index (κ3) is 7.40. The Morgan fingerprint density at radius 2 is 0.486 bits per heavy atom. The van der Waals surface area contributed by atoms with Crippen LogP contribution >= 0.6 is 0 Å². The molecule has 0 aromatic heterocycles. The number of para-hydroxylation sites is 2. The van der Waals surface area contributed by atoms with Crippen molar-refractivity contribution in [2.24, 2.45) is 0 Å². The van der Waals surface area contributed by atoms with Gasteiger partial charge in [0.25, 0.3) is 0 Å². The molecule has 2 heteroatoms. The summed E-state index contributed by atoms with van der Waals surface area (Å²) >= 11 is 0. The van der Waals surface area contributed by atoms with Gasteiger partial charge in [-0.05, 0) is 162 Å². The number of hydrogen-bond acceptors (Lipinski definition) is 2. The van der Waals surface area contributed by atoms with Crippen molar-refractivity contribution < 1.29 is 0 Å². The van der Waals surface area contributed by atoms with Crippen LogP contribution in [0.5, 0.6) is 0 Å². The molecule has 12 aromatic carbocycles. The molecule has 2 nitrogen and oxygen atoms in total. The molecule has 0 spiro atoms. The fourth-order valence-corrected chi connectivity index (χ4v) is 10.5. The predicted molar refractivity (Wildman–Crippen MR) is 297 cm³/mol. The molecule has 13 rings (SSSR count). The summed E-state index contributed by atoms with van der Waals surface area (Å²) in [6.07, 6.45) is 0. The van der Waals surface area contributed by atoms with Crippen molar-refractivity contribution in [3.8, 4) is 66.8 Å². The lowest BCUT2D eigenvalue weighted by Crippen LogP contribution is -2.11. The average Bonchev–Trinajstić information content (AvgIpc) is 3.44. The topological polar surface area (TPSA) is 6.48 Å². The van der Waals surface area contributed by atoms with Crippen LogP contribution in [0.15, 0.2) is 279 Å². The van der Waals surface area contributed by atoms with E-state index in [1.165, 1.54) is 88.3 Å². The summed E-state index contributed by atoms with van der Waals surface area (Å²) in [6, 6.07) is 102. The van der Waals surface area contributed by atoms with Crippen LogP contribution in [0.4, 0.5) is 34.1 Å². The third-order valence-corrected chi connectivity index (χ3v) is 13.9. The molecule has 0 aliphatic heterocycles. The molecule has 0 radical (unpaired) electrons. The molecule has 0 saturated carbocycles. The first-order chi connectivity index (χ1) is 34.7. The summed E-state index contributed by atoms with van der Waals surface area (Å²) in [7, 11) is 0. The second-order valence-electron chi connectivity index (χ2n) is 18.1. The van der Waals surface area contributed by atoms with Gasteiger partial charge in [0, 0.05) is 33.9 Å². The maximum atomic E-state index is 2.42. The highest BCUT2D eigenvalue weighted by Crippen LogP contribution is 2.52. The van der Waals surface area contributed by atoms with Crippen molar-refractivity contribution in [2.45, 2.75) is 0 Å². The minimum Gasteiger partial charge on any atom is -0.310 e. The van der Waals surface area contributed by atoms with Gasteiger partial charge in [0.15, 0.2) is 0 Å². The van der Waals surface area contributed by atoms with E-state index in [0.29, 0.717) is 0 Å². The molecule has 0 heterocycles. The van der Waals surface area contributed by atoms with Crippen LogP contribution < -0.4 is 9.80 Å². The lowest BCUT2D eigenvalue weighted by molar-refractivity contribution is 1.29. The van der Waals surface area contributed by atoms with E-state index in [0.717, 1.165) is 34.1 Å². The molecule has 328 valence electrons. The minimum absolute atomic E-state index is 1.11. The van der Waals surface area contributed by atoms with Gasteiger partial charge < -0.3 is 9.80 Å². The van der Waals surface area contributed by atoms with Crippen molar-refractivity contribution in [3.63, 3.8) is 0 Å². The van der Waals surface area contributed by atoms with Gasteiger partial charge in [0.1, 0.15) is 0 Å². The van der Waals surface area contributed by atoms with Crippen LogP contribution in [-0.4, -0.2) is 0 Å². The molecular weight excluding hydrogens is 845 g/mol. The highest BCUT2D eigenvalue weighted by atomic mass is 15.1. The SMILES string of the molecule is c1ccc(-c2ccc(-c3ccccc3)c(N(c3ccccc3)c3ccc4cc5c(cc4c3)-c3cc4ccc(N(c6ccccc6)c6cc(-c7ccccc7)ccc6-c6ccccc6)cc4cc3-5)c2)cc1. The van der Waals surface area contributed by atoms with E-state index in [9.17, 15) is 0 Å². The molecule has 0 amide bonds. The van der Waals surface area contributed by atoms with Gasteiger partial charge in [-0.3, -0.25) is 0 Å². The van der Waals surface area contributed by atoms with Crippen molar-refractivity contribution in [2.75, 3.05) is 9.80 Å². The largest absolute Gasteiger partial charge is 0.310 e. The smallest absolute Gasteiger partial charge is 0.0546 e. The number of hydrogen-bond donors (Lipinski definition) is 0. The van der Waals surface area contributed by atoms with Crippen molar-refractivity contribution in [3.05, 3.63) is 279 Å². The quantitative estimate of drug-likeness (QED) is 0.135. The average molecular weight is 891 g/mol. The fourth-order valence-electron chi connectivity index (χ4n) is 10.5. The molecule has 1 aliphatic rings. The minimum atomic E-state index is 1.11. The maximum Gasteiger partial charge on any atom is 0.0546 e. The first-order valence-corrected chi connectivity index (χ1v) is 24.1. The van der Waals surface area contributed by atoms with Crippen LogP contribution in [0.25, 0.3) is 88.3 Å². The molecule has 1 aliphatic carbocycles. The second-order valence-corrected chi connectivity index (χ2v) is 18.1. The summed E-state index contributed by atoms with van der Waals surface area (Å²) in [5.41, 5.74) is 21.3. The summed E-state index contributed by atoms with van der Waals surface area (Å²) in [4.78, 5) is 4.85. The lowest BCUT2D eigenvalue weighted by Gasteiger charge is -2.30. The molecule has 0 unspecified atom stereocenters. The summed E-state index contributed by atoms with van der Waals surface area (Å²) in [6.45, 7) is 0. The zero-order valence-corrected chi connectivity index (χ0v) is 38.5. The number of anilines is 6. The number of benzene rings is 12. The second kappa shape index (κ2) is 17.4. The Balaban J connectivity index is 0.911. The van der Waals surface area contributed by atoms with Gasteiger partial charge in [-0.25, -0.2) is 0 Å². The Morgan fingerprint density at radius 3 is 0.843 bits per heavy atom. The van der Waals surface area contributed by atoms with Crippen molar-refractivity contribution >= 4 is 55.7 Å². The molecule has 70 heavy (non-hydrogen) atoms. The van der Waals surface area contributed by atoms with Crippen LogP contribution in [0.2, 0.25) is 0 Å². The van der Waals surface area contributed by atoms with Gasteiger partial charge >= 0.3 is 0 Å². The fraction of sp³-hybridized carbons (Fsp3) is 0. The lowest BCUT2D eigenvalue weighted by atomic mass is 9.78. The van der Waals surface area contributed by atoms with E-state index in [1.807, 2.05) is 0 Å².